The highest BCUT2D eigenvalue weighted by Crippen LogP contribution is 2.68. The highest BCUT2D eigenvalue weighted by Gasteiger charge is 2.60. The van der Waals surface area contributed by atoms with Crippen LogP contribution in [-0.2, 0) is 28.5 Å². The molecule has 0 aromatic carbocycles. The van der Waals surface area contributed by atoms with Gasteiger partial charge in [-0.2, -0.15) is 0 Å². The predicted octanol–water partition coefficient (Wildman–Crippen LogP) is 5.49. The van der Waals surface area contributed by atoms with Gasteiger partial charge in [0.25, 0.3) is 0 Å². The van der Waals surface area contributed by atoms with Crippen LogP contribution in [0.5, 0.6) is 0 Å². The molecular formula is C30H50O7. The van der Waals surface area contributed by atoms with Crippen molar-refractivity contribution in [3.8, 4) is 0 Å². The lowest BCUT2D eigenvalue weighted by Gasteiger charge is -2.61. The molecule has 0 heterocycles. The molecule has 4 rings (SSSR count). The van der Waals surface area contributed by atoms with E-state index in [1.54, 1.807) is 7.11 Å². The summed E-state index contributed by atoms with van der Waals surface area (Å²) in [6, 6.07) is 0. The van der Waals surface area contributed by atoms with Crippen molar-refractivity contribution in [2.45, 2.75) is 97.0 Å². The summed E-state index contributed by atoms with van der Waals surface area (Å²) in [5, 5.41) is 9.08. The summed E-state index contributed by atoms with van der Waals surface area (Å²) in [4.78, 5) is 23.4. The van der Waals surface area contributed by atoms with Gasteiger partial charge in [0.15, 0.2) is 0 Å². The Balaban J connectivity index is 1.25. The Bertz CT molecular complexity index is 771. The van der Waals surface area contributed by atoms with Crippen LogP contribution in [0.25, 0.3) is 0 Å². The van der Waals surface area contributed by atoms with E-state index in [-0.39, 0.29) is 18.7 Å². The fourth-order valence-electron chi connectivity index (χ4n) is 9.15. The molecule has 4 aliphatic carbocycles. The van der Waals surface area contributed by atoms with Crippen molar-refractivity contribution >= 4 is 11.9 Å². The number of ether oxygens (including phenoxy) is 4. The van der Waals surface area contributed by atoms with E-state index in [4.69, 9.17) is 24.1 Å². The molecule has 0 bridgehead atoms. The van der Waals surface area contributed by atoms with E-state index in [9.17, 15) is 9.59 Å². The smallest absolute Gasteiger partial charge is 0.332 e. The van der Waals surface area contributed by atoms with Gasteiger partial charge in [-0.3, -0.25) is 4.79 Å². The number of esters is 1. The number of rotatable bonds is 13. The molecule has 0 radical (unpaired) electrons. The average Bonchev–Trinajstić information content (AvgIpc) is 3.20. The van der Waals surface area contributed by atoms with Crippen LogP contribution in [0.2, 0.25) is 0 Å². The second-order valence-electron chi connectivity index (χ2n) is 12.8. The number of hydrogen-bond donors (Lipinski definition) is 1. The van der Waals surface area contributed by atoms with Gasteiger partial charge in [-0.15, -0.1) is 0 Å². The molecule has 0 aliphatic heterocycles. The Hall–Kier alpha value is -1.18. The third-order valence-electron chi connectivity index (χ3n) is 11.1. The third kappa shape index (κ3) is 6.52. The molecule has 212 valence electrons. The highest BCUT2D eigenvalue weighted by molar-refractivity contribution is 5.70. The Morgan fingerprint density at radius 2 is 1.59 bits per heavy atom. The van der Waals surface area contributed by atoms with Crippen LogP contribution in [-0.4, -0.2) is 63.3 Å². The van der Waals surface area contributed by atoms with Crippen molar-refractivity contribution in [1.29, 1.82) is 0 Å². The standard InChI is InChI=1S/C30H50O7/c1-29-14-12-26-24(25(29)10-8-21(29)5-4-6-27(31)32)9-7-22-19-23(11-13-30(22,26)2)37-28(33)20-36-18-17-35-16-15-34-3/h21-26H,4-20H2,1-3H3,(H,31,32). The number of carbonyl (C=O) groups excluding carboxylic acids is 1. The lowest BCUT2D eigenvalue weighted by molar-refractivity contribution is -0.167. The molecule has 37 heavy (non-hydrogen) atoms. The molecule has 0 amide bonds. The second-order valence-corrected chi connectivity index (χ2v) is 12.8. The predicted molar refractivity (Wildman–Crippen MR) is 140 cm³/mol. The van der Waals surface area contributed by atoms with Crippen LogP contribution in [0.4, 0.5) is 0 Å². The fourth-order valence-corrected chi connectivity index (χ4v) is 9.15. The van der Waals surface area contributed by atoms with Gasteiger partial charge in [0.05, 0.1) is 26.4 Å². The Labute approximate surface area is 223 Å². The van der Waals surface area contributed by atoms with E-state index >= 15 is 0 Å². The number of carboxylic acid groups (broad SMARTS) is 1. The van der Waals surface area contributed by atoms with Gasteiger partial charge in [-0.05, 0) is 111 Å². The zero-order valence-corrected chi connectivity index (χ0v) is 23.4. The number of methoxy groups -OCH3 is 1. The quantitative estimate of drug-likeness (QED) is 0.253. The molecule has 0 aromatic heterocycles. The molecule has 0 saturated heterocycles. The van der Waals surface area contributed by atoms with Gasteiger partial charge in [0.1, 0.15) is 12.7 Å². The second kappa shape index (κ2) is 12.8. The zero-order valence-electron chi connectivity index (χ0n) is 23.4. The molecule has 1 N–H and O–H groups in total. The first-order chi connectivity index (χ1) is 17.8. The maximum atomic E-state index is 12.4. The van der Waals surface area contributed by atoms with Gasteiger partial charge in [-0.25, -0.2) is 4.79 Å². The van der Waals surface area contributed by atoms with Gasteiger partial charge in [0.2, 0.25) is 0 Å². The first kappa shape index (κ1) is 28.8. The van der Waals surface area contributed by atoms with Gasteiger partial charge < -0.3 is 24.1 Å². The maximum absolute atomic E-state index is 12.4. The Morgan fingerprint density at radius 1 is 0.865 bits per heavy atom. The zero-order chi connectivity index (χ0) is 26.5. The summed E-state index contributed by atoms with van der Waals surface area (Å²) in [6.07, 6.45) is 13.1. The van der Waals surface area contributed by atoms with Crippen LogP contribution in [0, 0.1) is 40.4 Å². The van der Waals surface area contributed by atoms with E-state index in [0.29, 0.717) is 55.5 Å². The number of carboxylic acids is 1. The van der Waals surface area contributed by atoms with Crippen molar-refractivity contribution in [2.24, 2.45) is 40.4 Å². The van der Waals surface area contributed by atoms with E-state index < -0.39 is 5.97 Å². The van der Waals surface area contributed by atoms with E-state index in [1.807, 2.05) is 0 Å². The van der Waals surface area contributed by atoms with Gasteiger partial charge >= 0.3 is 11.9 Å². The van der Waals surface area contributed by atoms with Crippen molar-refractivity contribution in [1.82, 2.24) is 0 Å². The number of aliphatic carboxylic acids is 1. The first-order valence-electron chi connectivity index (χ1n) is 14.8. The topological polar surface area (TPSA) is 91.3 Å². The number of hydrogen-bond acceptors (Lipinski definition) is 6. The summed E-state index contributed by atoms with van der Waals surface area (Å²) in [5.74, 6) is 2.79. The van der Waals surface area contributed by atoms with E-state index in [1.165, 1.54) is 38.5 Å². The van der Waals surface area contributed by atoms with Crippen LogP contribution in [0.3, 0.4) is 0 Å². The largest absolute Gasteiger partial charge is 0.481 e. The lowest BCUT2D eigenvalue weighted by atomic mass is 9.44. The maximum Gasteiger partial charge on any atom is 0.332 e. The van der Waals surface area contributed by atoms with E-state index in [2.05, 4.69) is 13.8 Å². The normalized spacial score (nSPS) is 38.9. The minimum absolute atomic E-state index is 0.00926. The summed E-state index contributed by atoms with van der Waals surface area (Å²) in [7, 11) is 1.64. The summed E-state index contributed by atoms with van der Waals surface area (Å²) >= 11 is 0. The number of carbonyl (C=O) groups is 2. The van der Waals surface area contributed by atoms with Crippen LogP contribution in [0.15, 0.2) is 0 Å². The molecule has 0 spiro atoms. The third-order valence-corrected chi connectivity index (χ3v) is 11.1. The molecule has 8 unspecified atom stereocenters. The molecule has 7 nitrogen and oxygen atoms in total. The summed E-state index contributed by atoms with van der Waals surface area (Å²) in [5.41, 5.74) is 0.745. The Morgan fingerprint density at radius 3 is 2.38 bits per heavy atom. The molecule has 4 fully saturated rings. The van der Waals surface area contributed by atoms with Crippen LogP contribution < -0.4 is 0 Å². The molecule has 0 aromatic rings. The minimum atomic E-state index is -0.660. The fraction of sp³-hybridized carbons (Fsp3) is 0.933. The van der Waals surface area contributed by atoms with Gasteiger partial charge in [0, 0.05) is 13.5 Å². The molecule has 4 saturated carbocycles. The molecule has 8 atom stereocenters. The van der Waals surface area contributed by atoms with Crippen molar-refractivity contribution < 1.29 is 33.6 Å². The molecular weight excluding hydrogens is 472 g/mol. The van der Waals surface area contributed by atoms with Crippen LogP contribution >= 0.6 is 0 Å². The molecule has 4 aliphatic rings. The summed E-state index contributed by atoms with van der Waals surface area (Å²) < 4.78 is 21.6. The van der Waals surface area contributed by atoms with Gasteiger partial charge in [-0.1, -0.05) is 13.8 Å². The molecule has 7 heteroatoms. The van der Waals surface area contributed by atoms with E-state index in [0.717, 1.165) is 49.9 Å². The Kier molecular flexibility index (Phi) is 9.96. The average molecular weight is 523 g/mol. The number of fused-ring (bicyclic) bond motifs is 5. The van der Waals surface area contributed by atoms with Crippen molar-refractivity contribution in [2.75, 3.05) is 40.1 Å². The summed E-state index contributed by atoms with van der Waals surface area (Å²) in [6.45, 7) is 6.99. The van der Waals surface area contributed by atoms with Crippen molar-refractivity contribution in [3.05, 3.63) is 0 Å². The lowest BCUT2D eigenvalue weighted by Crippen LogP contribution is -2.54. The monoisotopic (exact) mass is 522 g/mol. The van der Waals surface area contributed by atoms with Crippen LogP contribution in [0.1, 0.15) is 90.9 Å². The SMILES string of the molecule is COCCOCCOCC(=O)OC1CCC2(C)C(CCC3C4CCC(CCCC(=O)O)C4(C)CCC32)C1. The van der Waals surface area contributed by atoms with Crippen molar-refractivity contribution in [3.63, 3.8) is 0 Å². The highest BCUT2D eigenvalue weighted by atomic mass is 16.6. The minimum Gasteiger partial charge on any atom is -0.481 e. The first-order valence-corrected chi connectivity index (χ1v) is 14.8.